The Labute approximate surface area is 169 Å². The van der Waals surface area contributed by atoms with Crippen molar-refractivity contribution in [2.24, 2.45) is 0 Å². The van der Waals surface area contributed by atoms with E-state index in [-0.39, 0.29) is 18.1 Å². The van der Waals surface area contributed by atoms with E-state index in [1.807, 2.05) is 54.7 Å². The second-order valence-electron chi connectivity index (χ2n) is 6.96. The number of halogens is 1. The van der Waals surface area contributed by atoms with Gasteiger partial charge < -0.3 is 15.4 Å². The molecule has 5 nitrogen and oxygen atoms in total. The molecular formula is C22H22ClN3O2. The molecule has 144 valence electrons. The van der Waals surface area contributed by atoms with Crippen LogP contribution in [-0.2, 0) is 11.3 Å². The van der Waals surface area contributed by atoms with Gasteiger partial charge >= 0.3 is 0 Å². The standard InChI is InChI=1S/C22H22ClN3O2/c23-20-4-2-1-3-17(20)14-26-22(27)21-12-19(8-10-25-21)28-18-6-5-16-13-24-9-7-15(16)11-18/h1-7,9,11,13,19,21,25H,8,10,12,14H2,(H,26,27)/t19-,21-/m0/s1. The third-order valence-electron chi connectivity index (χ3n) is 5.00. The monoisotopic (exact) mass is 395 g/mol. The number of amides is 1. The Morgan fingerprint density at radius 1 is 1.21 bits per heavy atom. The maximum absolute atomic E-state index is 12.6. The maximum Gasteiger partial charge on any atom is 0.237 e. The summed E-state index contributed by atoms with van der Waals surface area (Å²) in [6.07, 6.45) is 5.10. The normalized spacial score (nSPS) is 19.3. The number of hydrogen-bond acceptors (Lipinski definition) is 4. The molecule has 1 aliphatic rings. The summed E-state index contributed by atoms with van der Waals surface area (Å²) in [5.41, 5.74) is 0.909. The van der Waals surface area contributed by atoms with Crippen LogP contribution in [0.25, 0.3) is 10.8 Å². The summed E-state index contributed by atoms with van der Waals surface area (Å²) in [6.45, 7) is 1.16. The van der Waals surface area contributed by atoms with Crippen LogP contribution < -0.4 is 15.4 Å². The minimum Gasteiger partial charge on any atom is -0.490 e. The van der Waals surface area contributed by atoms with Crippen molar-refractivity contribution in [2.75, 3.05) is 6.54 Å². The van der Waals surface area contributed by atoms with Crippen molar-refractivity contribution in [2.45, 2.75) is 31.5 Å². The zero-order valence-electron chi connectivity index (χ0n) is 15.4. The first kappa shape index (κ1) is 18.7. The summed E-state index contributed by atoms with van der Waals surface area (Å²) in [4.78, 5) is 16.7. The zero-order valence-corrected chi connectivity index (χ0v) is 16.2. The molecule has 3 aromatic rings. The molecule has 2 heterocycles. The van der Waals surface area contributed by atoms with Gasteiger partial charge in [0.1, 0.15) is 11.9 Å². The first-order chi connectivity index (χ1) is 13.7. The van der Waals surface area contributed by atoms with Gasteiger partial charge in [-0.1, -0.05) is 29.8 Å². The molecule has 28 heavy (non-hydrogen) atoms. The number of aromatic nitrogens is 1. The molecule has 2 atom stereocenters. The highest BCUT2D eigenvalue weighted by molar-refractivity contribution is 6.31. The van der Waals surface area contributed by atoms with Gasteiger partial charge in [0.05, 0.1) is 6.04 Å². The predicted octanol–water partition coefficient (Wildman–Crippen LogP) is 3.70. The van der Waals surface area contributed by atoms with E-state index in [0.29, 0.717) is 18.0 Å². The molecule has 1 amide bonds. The minimum atomic E-state index is -0.272. The molecule has 6 heteroatoms. The van der Waals surface area contributed by atoms with Crippen molar-refractivity contribution in [3.05, 3.63) is 71.5 Å². The lowest BCUT2D eigenvalue weighted by Gasteiger charge is -2.30. The van der Waals surface area contributed by atoms with Crippen LogP contribution in [-0.4, -0.2) is 29.6 Å². The van der Waals surface area contributed by atoms with Crippen molar-refractivity contribution in [1.29, 1.82) is 0 Å². The van der Waals surface area contributed by atoms with Gasteiger partial charge in [0, 0.05) is 35.8 Å². The molecule has 0 saturated carbocycles. The first-order valence-electron chi connectivity index (χ1n) is 9.44. The summed E-state index contributed by atoms with van der Waals surface area (Å²) in [5.74, 6) is 0.790. The van der Waals surface area contributed by atoms with Gasteiger partial charge in [-0.15, -0.1) is 0 Å². The Bertz CT molecular complexity index is 979. The first-order valence-corrected chi connectivity index (χ1v) is 9.82. The molecule has 1 aliphatic heterocycles. The highest BCUT2D eigenvalue weighted by Gasteiger charge is 2.28. The molecule has 0 aliphatic carbocycles. The number of fused-ring (bicyclic) bond motifs is 1. The summed E-state index contributed by atoms with van der Waals surface area (Å²) >= 11 is 6.16. The van der Waals surface area contributed by atoms with Crippen molar-refractivity contribution < 1.29 is 9.53 Å². The molecule has 1 fully saturated rings. The van der Waals surface area contributed by atoms with Crippen molar-refractivity contribution >= 4 is 28.3 Å². The van der Waals surface area contributed by atoms with Gasteiger partial charge in [-0.2, -0.15) is 0 Å². The van der Waals surface area contributed by atoms with E-state index in [9.17, 15) is 4.79 Å². The SMILES string of the molecule is O=C(NCc1ccccc1Cl)[C@@H]1C[C@@H](Oc2ccc3cnccc3c2)CCN1. The number of benzene rings is 2. The van der Waals surface area contributed by atoms with E-state index in [1.54, 1.807) is 6.20 Å². The molecular weight excluding hydrogens is 374 g/mol. The van der Waals surface area contributed by atoms with Crippen LogP contribution in [0.15, 0.2) is 60.9 Å². The second-order valence-corrected chi connectivity index (χ2v) is 7.37. The average Bonchev–Trinajstić information content (AvgIpc) is 2.73. The predicted molar refractivity (Wildman–Crippen MR) is 110 cm³/mol. The Balaban J connectivity index is 1.35. The lowest BCUT2D eigenvalue weighted by molar-refractivity contribution is -0.124. The Morgan fingerprint density at radius 2 is 2.11 bits per heavy atom. The molecule has 2 aromatic carbocycles. The number of nitrogens with zero attached hydrogens (tertiary/aromatic N) is 1. The number of hydrogen-bond donors (Lipinski definition) is 2. The molecule has 0 unspecified atom stereocenters. The molecule has 1 saturated heterocycles. The highest BCUT2D eigenvalue weighted by Crippen LogP contribution is 2.23. The summed E-state index contributed by atoms with van der Waals surface area (Å²) in [5, 5.41) is 9.08. The van der Waals surface area contributed by atoms with Crippen LogP contribution >= 0.6 is 11.6 Å². The van der Waals surface area contributed by atoms with Gasteiger partial charge in [0.15, 0.2) is 0 Å². The third kappa shape index (κ3) is 4.43. The second kappa shape index (κ2) is 8.59. The van der Waals surface area contributed by atoms with Crippen LogP contribution in [0.2, 0.25) is 5.02 Å². The number of rotatable bonds is 5. The van der Waals surface area contributed by atoms with Crippen LogP contribution in [0.4, 0.5) is 0 Å². The van der Waals surface area contributed by atoms with E-state index < -0.39 is 0 Å². The summed E-state index contributed by atoms with van der Waals surface area (Å²) in [6, 6.07) is 15.2. The average molecular weight is 396 g/mol. The Kier molecular flexibility index (Phi) is 5.74. The van der Waals surface area contributed by atoms with Crippen LogP contribution in [0, 0.1) is 0 Å². The van der Waals surface area contributed by atoms with Crippen molar-refractivity contribution in [3.8, 4) is 5.75 Å². The van der Waals surface area contributed by atoms with Crippen LogP contribution in [0.3, 0.4) is 0 Å². The lowest BCUT2D eigenvalue weighted by atomic mass is 10.0. The minimum absolute atomic E-state index is 0.00315. The van der Waals surface area contributed by atoms with E-state index in [1.165, 1.54) is 0 Å². The molecule has 0 radical (unpaired) electrons. The maximum atomic E-state index is 12.6. The molecule has 1 aromatic heterocycles. The summed E-state index contributed by atoms with van der Waals surface area (Å²) in [7, 11) is 0. The smallest absolute Gasteiger partial charge is 0.237 e. The zero-order chi connectivity index (χ0) is 19.3. The molecule has 4 rings (SSSR count). The van der Waals surface area contributed by atoms with Gasteiger partial charge in [0.25, 0.3) is 0 Å². The quantitative estimate of drug-likeness (QED) is 0.691. The number of pyridine rings is 1. The molecule has 0 bridgehead atoms. The van der Waals surface area contributed by atoms with Crippen LogP contribution in [0.5, 0.6) is 5.75 Å². The number of piperidine rings is 1. The Morgan fingerprint density at radius 3 is 3.00 bits per heavy atom. The number of ether oxygens (including phenoxy) is 1. The lowest BCUT2D eigenvalue weighted by Crippen LogP contribution is -2.50. The van der Waals surface area contributed by atoms with Crippen molar-refractivity contribution in [1.82, 2.24) is 15.6 Å². The molecule has 0 spiro atoms. The van der Waals surface area contributed by atoms with E-state index in [2.05, 4.69) is 15.6 Å². The fraction of sp³-hybridized carbons (Fsp3) is 0.273. The fourth-order valence-electron chi connectivity index (χ4n) is 3.46. The van der Waals surface area contributed by atoms with Crippen LogP contribution in [0.1, 0.15) is 18.4 Å². The van der Waals surface area contributed by atoms with E-state index >= 15 is 0 Å². The van der Waals surface area contributed by atoms with Gasteiger partial charge in [-0.25, -0.2) is 0 Å². The largest absolute Gasteiger partial charge is 0.490 e. The molecule has 2 N–H and O–H groups in total. The Hall–Kier alpha value is -2.63. The highest BCUT2D eigenvalue weighted by atomic mass is 35.5. The van der Waals surface area contributed by atoms with Gasteiger partial charge in [-0.05, 0) is 54.2 Å². The topological polar surface area (TPSA) is 63.2 Å². The summed E-state index contributed by atoms with van der Waals surface area (Å²) < 4.78 is 6.16. The van der Waals surface area contributed by atoms with E-state index in [0.717, 1.165) is 35.1 Å². The van der Waals surface area contributed by atoms with Gasteiger partial charge in [0.2, 0.25) is 5.91 Å². The number of carbonyl (C=O) groups excluding carboxylic acids is 1. The number of nitrogens with one attached hydrogen (secondary N) is 2. The van der Waals surface area contributed by atoms with Gasteiger partial charge in [-0.3, -0.25) is 9.78 Å². The van der Waals surface area contributed by atoms with Crippen molar-refractivity contribution in [3.63, 3.8) is 0 Å². The fourth-order valence-corrected chi connectivity index (χ4v) is 3.67. The van der Waals surface area contributed by atoms with E-state index in [4.69, 9.17) is 16.3 Å². The third-order valence-corrected chi connectivity index (χ3v) is 5.37. The number of carbonyl (C=O) groups is 1.